The molecule has 0 unspecified atom stereocenters. The third kappa shape index (κ3) is 6.12. The molecule has 5 heteroatoms. The summed E-state index contributed by atoms with van der Waals surface area (Å²) >= 11 is 0. The van der Waals surface area contributed by atoms with E-state index in [0.717, 1.165) is 63.8 Å². The second kappa shape index (κ2) is 10.1. The predicted molar refractivity (Wildman–Crippen MR) is 98.6 cm³/mol. The van der Waals surface area contributed by atoms with Crippen LogP contribution in [0.25, 0.3) is 0 Å². The molecule has 1 aromatic heterocycles. The molecular weight excluding hydrogens is 314 g/mol. The van der Waals surface area contributed by atoms with E-state index in [9.17, 15) is 0 Å². The topological polar surface area (TPSA) is 46.6 Å². The van der Waals surface area contributed by atoms with Crippen LogP contribution in [-0.4, -0.2) is 49.3 Å². The average Bonchev–Trinajstić information content (AvgIpc) is 2.68. The SMILES string of the molecule is c1ccc(COc2ccccc2CNCCCN2CCOCC2)nc1. The highest BCUT2D eigenvalue weighted by atomic mass is 16.5. The fraction of sp³-hybridized carbons (Fsp3) is 0.450. The standard InChI is InChI=1S/C20H27N3O2/c1-2-8-20(25-17-19-7-3-4-10-22-19)18(6-1)16-21-9-5-11-23-12-14-24-15-13-23/h1-4,6-8,10,21H,5,9,11-17H2. The molecule has 1 aliphatic rings. The summed E-state index contributed by atoms with van der Waals surface area (Å²) in [5.74, 6) is 0.925. The maximum absolute atomic E-state index is 5.95. The Kier molecular flexibility index (Phi) is 7.24. The molecule has 1 saturated heterocycles. The van der Waals surface area contributed by atoms with Gasteiger partial charge in [-0.25, -0.2) is 0 Å². The van der Waals surface area contributed by atoms with E-state index in [2.05, 4.69) is 27.3 Å². The first kappa shape index (κ1) is 17.9. The smallest absolute Gasteiger partial charge is 0.130 e. The van der Waals surface area contributed by atoms with E-state index in [1.54, 1.807) is 6.20 Å². The Morgan fingerprint density at radius 1 is 1.08 bits per heavy atom. The highest BCUT2D eigenvalue weighted by molar-refractivity contribution is 5.33. The number of morpholine rings is 1. The first-order valence-electron chi connectivity index (χ1n) is 9.03. The van der Waals surface area contributed by atoms with Gasteiger partial charge >= 0.3 is 0 Å². The number of nitrogens with zero attached hydrogens (tertiary/aromatic N) is 2. The van der Waals surface area contributed by atoms with Gasteiger partial charge in [-0.2, -0.15) is 0 Å². The van der Waals surface area contributed by atoms with Gasteiger partial charge in [0.15, 0.2) is 0 Å². The molecule has 0 amide bonds. The van der Waals surface area contributed by atoms with Gasteiger partial charge in [0.2, 0.25) is 0 Å². The van der Waals surface area contributed by atoms with E-state index in [0.29, 0.717) is 6.61 Å². The molecular formula is C20H27N3O2. The largest absolute Gasteiger partial charge is 0.487 e. The van der Waals surface area contributed by atoms with Crippen molar-refractivity contribution in [1.82, 2.24) is 15.2 Å². The van der Waals surface area contributed by atoms with E-state index in [4.69, 9.17) is 9.47 Å². The molecule has 25 heavy (non-hydrogen) atoms. The number of hydrogen-bond donors (Lipinski definition) is 1. The van der Waals surface area contributed by atoms with Crippen molar-refractivity contribution in [2.45, 2.75) is 19.6 Å². The van der Waals surface area contributed by atoms with Gasteiger partial charge in [-0.1, -0.05) is 24.3 Å². The van der Waals surface area contributed by atoms with Gasteiger partial charge in [-0.15, -0.1) is 0 Å². The Morgan fingerprint density at radius 2 is 1.92 bits per heavy atom. The van der Waals surface area contributed by atoms with Gasteiger partial charge in [0.05, 0.1) is 18.9 Å². The van der Waals surface area contributed by atoms with Gasteiger partial charge in [0.25, 0.3) is 0 Å². The molecule has 1 fully saturated rings. The summed E-state index contributed by atoms with van der Waals surface area (Å²) in [5.41, 5.74) is 2.13. The molecule has 0 bridgehead atoms. The van der Waals surface area contributed by atoms with E-state index in [-0.39, 0.29) is 0 Å². The number of hydrogen-bond acceptors (Lipinski definition) is 5. The van der Waals surface area contributed by atoms with E-state index < -0.39 is 0 Å². The van der Waals surface area contributed by atoms with Crippen molar-refractivity contribution in [3.63, 3.8) is 0 Å². The normalized spacial score (nSPS) is 15.2. The summed E-state index contributed by atoms with van der Waals surface area (Å²) in [7, 11) is 0. The molecule has 0 radical (unpaired) electrons. The number of rotatable bonds is 9. The van der Waals surface area contributed by atoms with Crippen LogP contribution in [0.2, 0.25) is 0 Å². The van der Waals surface area contributed by atoms with Crippen molar-refractivity contribution in [1.29, 1.82) is 0 Å². The molecule has 0 aliphatic carbocycles. The molecule has 3 rings (SSSR count). The monoisotopic (exact) mass is 341 g/mol. The Morgan fingerprint density at radius 3 is 2.76 bits per heavy atom. The van der Waals surface area contributed by atoms with Crippen LogP contribution in [0.4, 0.5) is 0 Å². The van der Waals surface area contributed by atoms with E-state index in [1.165, 1.54) is 5.56 Å². The van der Waals surface area contributed by atoms with Crippen LogP contribution in [0.1, 0.15) is 17.7 Å². The number of aromatic nitrogens is 1. The molecule has 1 aliphatic heterocycles. The molecule has 0 saturated carbocycles. The second-order valence-electron chi connectivity index (χ2n) is 6.20. The minimum absolute atomic E-state index is 0.495. The number of nitrogens with one attached hydrogen (secondary N) is 1. The molecule has 2 aromatic rings. The first-order chi connectivity index (χ1) is 12.4. The van der Waals surface area contributed by atoms with Crippen LogP contribution < -0.4 is 10.1 Å². The molecule has 5 nitrogen and oxygen atoms in total. The quantitative estimate of drug-likeness (QED) is 0.710. The van der Waals surface area contributed by atoms with Gasteiger partial charge in [-0.3, -0.25) is 9.88 Å². The van der Waals surface area contributed by atoms with Crippen LogP contribution in [0.3, 0.4) is 0 Å². The van der Waals surface area contributed by atoms with Gasteiger partial charge in [-0.05, 0) is 37.7 Å². The Bertz CT molecular complexity index is 615. The number of ether oxygens (including phenoxy) is 2. The van der Waals surface area contributed by atoms with E-state index >= 15 is 0 Å². The van der Waals surface area contributed by atoms with Crippen LogP contribution in [0.5, 0.6) is 5.75 Å². The van der Waals surface area contributed by atoms with Crippen LogP contribution in [-0.2, 0) is 17.9 Å². The zero-order valence-electron chi connectivity index (χ0n) is 14.7. The lowest BCUT2D eigenvalue weighted by Crippen LogP contribution is -2.37. The highest BCUT2D eigenvalue weighted by Gasteiger charge is 2.09. The van der Waals surface area contributed by atoms with Crippen molar-refractivity contribution in [2.24, 2.45) is 0 Å². The number of benzene rings is 1. The lowest BCUT2D eigenvalue weighted by Gasteiger charge is -2.26. The summed E-state index contributed by atoms with van der Waals surface area (Å²) in [6.07, 6.45) is 2.94. The Balaban J connectivity index is 1.39. The van der Waals surface area contributed by atoms with Crippen molar-refractivity contribution in [3.05, 3.63) is 59.9 Å². The fourth-order valence-electron chi connectivity index (χ4n) is 2.90. The fourth-order valence-corrected chi connectivity index (χ4v) is 2.90. The third-order valence-electron chi connectivity index (χ3n) is 4.32. The predicted octanol–water partition coefficient (Wildman–Crippen LogP) is 2.47. The summed E-state index contributed by atoms with van der Waals surface area (Å²) < 4.78 is 11.3. The van der Waals surface area contributed by atoms with Crippen LogP contribution in [0.15, 0.2) is 48.7 Å². The van der Waals surface area contributed by atoms with Gasteiger partial charge < -0.3 is 14.8 Å². The third-order valence-corrected chi connectivity index (χ3v) is 4.32. The van der Waals surface area contributed by atoms with Crippen molar-refractivity contribution in [3.8, 4) is 5.75 Å². The van der Waals surface area contributed by atoms with Crippen LogP contribution >= 0.6 is 0 Å². The molecule has 0 atom stereocenters. The Labute approximate surface area is 150 Å². The minimum Gasteiger partial charge on any atom is -0.487 e. The lowest BCUT2D eigenvalue weighted by molar-refractivity contribution is 0.0374. The molecule has 0 spiro atoms. The molecule has 1 aromatic carbocycles. The summed E-state index contributed by atoms with van der Waals surface area (Å²) in [5, 5.41) is 3.53. The lowest BCUT2D eigenvalue weighted by atomic mass is 10.2. The van der Waals surface area contributed by atoms with Crippen molar-refractivity contribution >= 4 is 0 Å². The average molecular weight is 341 g/mol. The van der Waals surface area contributed by atoms with Crippen molar-refractivity contribution in [2.75, 3.05) is 39.4 Å². The first-order valence-corrected chi connectivity index (χ1v) is 9.03. The summed E-state index contributed by atoms with van der Waals surface area (Å²) in [6.45, 7) is 7.31. The van der Waals surface area contributed by atoms with Crippen LogP contribution in [0, 0.1) is 0 Å². The Hall–Kier alpha value is -1.95. The second-order valence-corrected chi connectivity index (χ2v) is 6.20. The zero-order valence-corrected chi connectivity index (χ0v) is 14.7. The summed E-state index contributed by atoms with van der Waals surface area (Å²) in [4.78, 5) is 6.77. The minimum atomic E-state index is 0.495. The van der Waals surface area contributed by atoms with E-state index in [1.807, 2.05) is 30.3 Å². The van der Waals surface area contributed by atoms with Gasteiger partial charge in [0.1, 0.15) is 12.4 Å². The summed E-state index contributed by atoms with van der Waals surface area (Å²) in [6, 6.07) is 14.1. The molecule has 1 N–H and O–H groups in total. The maximum Gasteiger partial charge on any atom is 0.130 e. The zero-order chi connectivity index (χ0) is 17.2. The molecule has 134 valence electrons. The maximum atomic E-state index is 5.95. The van der Waals surface area contributed by atoms with Gasteiger partial charge in [0, 0.05) is 31.4 Å². The number of para-hydroxylation sites is 1. The highest BCUT2D eigenvalue weighted by Crippen LogP contribution is 2.18. The molecule has 2 heterocycles. The number of pyridine rings is 1. The van der Waals surface area contributed by atoms with Crippen molar-refractivity contribution < 1.29 is 9.47 Å².